The van der Waals surface area contributed by atoms with Crippen LogP contribution < -0.4 is 5.48 Å². The number of carbonyl (C=O) groups is 1. The average molecular weight is 170 g/mol. The van der Waals surface area contributed by atoms with Crippen LogP contribution in [0.1, 0.15) is 5.69 Å². The molecule has 0 aliphatic carbocycles. The van der Waals surface area contributed by atoms with E-state index in [0.717, 1.165) is 4.68 Å². The summed E-state index contributed by atoms with van der Waals surface area (Å²) >= 11 is 0. The van der Waals surface area contributed by atoms with E-state index in [4.69, 9.17) is 5.21 Å². The van der Waals surface area contributed by atoms with Crippen molar-refractivity contribution in [1.29, 1.82) is 0 Å². The second-order valence-corrected chi connectivity index (χ2v) is 2.04. The predicted molar refractivity (Wildman–Crippen MR) is 37.1 cm³/mol. The Morgan fingerprint density at radius 1 is 1.83 bits per heavy atom. The predicted octanol–water partition coefficient (Wildman–Crippen LogP) is -0.540. The van der Waals surface area contributed by atoms with Gasteiger partial charge in [0, 0.05) is 0 Å². The molecule has 12 heavy (non-hydrogen) atoms. The molecule has 2 N–H and O–H groups in total. The largest absolute Gasteiger partial charge is 0.289 e. The summed E-state index contributed by atoms with van der Waals surface area (Å²) in [5.41, 5.74) is 1.81. The number of aromatic nitrogens is 2. The molecule has 0 atom stereocenters. The van der Waals surface area contributed by atoms with Crippen LogP contribution in [-0.2, 0) is 11.2 Å². The minimum atomic E-state index is -0.592. The standard InChI is InChI=1S/C5H6N4O3/c10-5(7-11)1-4-2-9(8-12)3-6-4/h2-3,11H,1H2,(H,7,10). The molecule has 0 aliphatic heterocycles. The zero-order chi connectivity index (χ0) is 8.97. The van der Waals surface area contributed by atoms with Crippen LogP contribution in [0, 0.1) is 4.91 Å². The molecular weight excluding hydrogens is 164 g/mol. The molecule has 1 aromatic heterocycles. The summed E-state index contributed by atoms with van der Waals surface area (Å²) in [5, 5.41) is 10.7. The van der Waals surface area contributed by atoms with Crippen LogP contribution in [0.3, 0.4) is 0 Å². The number of hydrogen-bond donors (Lipinski definition) is 2. The second kappa shape index (κ2) is 3.58. The van der Waals surface area contributed by atoms with Crippen molar-refractivity contribution >= 4 is 5.91 Å². The van der Waals surface area contributed by atoms with Gasteiger partial charge in [-0.25, -0.2) is 10.5 Å². The second-order valence-electron chi connectivity index (χ2n) is 2.04. The van der Waals surface area contributed by atoms with Gasteiger partial charge >= 0.3 is 0 Å². The third-order valence-electron chi connectivity index (χ3n) is 1.18. The molecule has 0 saturated carbocycles. The molecule has 0 unspecified atom stereocenters. The lowest BCUT2D eigenvalue weighted by Crippen LogP contribution is -2.20. The fourth-order valence-corrected chi connectivity index (χ4v) is 0.693. The molecule has 0 aromatic carbocycles. The Bertz CT molecular complexity index is 295. The molecule has 0 saturated heterocycles. The molecule has 0 bridgehead atoms. The molecule has 0 fully saturated rings. The molecule has 7 nitrogen and oxygen atoms in total. The first-order valence-corrected chi connectivity index (χ1v) is 3.05. The summed E-state index contributed by atoms with van der Waals surface area (Å²) in [6.45, 7) is 0. The van der Waals surface area contributed by atoms with Gasteiger partial charge in [-0.05, 0) is 0 Å². The smallest absolute Gasteiger partial charge is 0.249 e. The highest BCUT2D eigenvalue weighted by Gasteiger charge is 2.04. The van der Waals surface area contributed by atoms with Gasteiger partial charge in [-0.3, -0.25) is 10.0 Å². The van der Waals surface area contributed by atoms with E-state index in [1.807, 2.05) is 0 Å². The van der Waals surface area contributed by atoms with Gasteiger partial charge in [0.1, 0.15) is 6.33 Å². The molecule has 64 valence electrons. The Labute approximate surface area is 66.9 Å². The molecule has 0 spiro atoms. The van der Waals surface area contributed by atoms with Crippen LogP contribution in [-0.4, -0.2) is 20.8 Å². The van der Waals surface area contributed by atoms with Crippen molar-refractivity contribution in [2.75, 3.05) is 0 Å². The lowest BCUT2D eigenvalue weighted by Gasteiger charge is -1.92. The first kappa shape index (κ1) is 8.34. The summed E-state index contributed by atoms with van der Waals surface area (Å²) in [6.07, 6.45) is 2.38. The number of nitrogens with zero attached hydrogens (tertiary/aromatic N) is 3. The number of imidazole rings is 1. The van der Waals surface area contributed by atoms with E-state index >= 15 is 0 Å². The van der Waals surface area contributed by atoms with E-state index < -0.39 is 5.91 Å². The topological polar surface area (TPSA) is 96.6 Å². The van der Waals surface area contributed by atoms with Gasteiger partial charge in [-0.15, -0.1) is 4.91 Å². The highest BCUT2D eigenvalue weighted by atomic mass is 16.5. The average Bonchev–Trinajstić information content (AvgIpc) is 2.52. The van der Waals surface area contributed by atoms with Crippen LogP contribution >= 0.6 is 0 Å². The fourth-order valence-electron chi connectivity index (χ4n) is 0.693. The fraction of sp³-hybridized carbons (Fsp3) is 0.200. The summed E-state index contributed by atoms with van der Waals surface area (Å²) in [7, 11) is 0. The van der Waals surface area contributed by atoms with Gasteiger partial charge in [0.25, 0.3) is 0 Å². The molecular formula is C5H6N4O3. The van der Waals surface area contributed by atoms with Gasteiger partial charge in [0.15, 0.2) is 0 Å². The first-order chi connectivity index (χ1) is 5.76. The van der Waals surface area contributed by atoms with Gasteiger partial charge in [0.05, 0.1) is 23.6 Å². The van der Waals surface area contributed by atoms with Crippen molar-refractivity contribution < 1.29 is 10.0 Å². The Hall–Kier alpha value is -1.76. The SMILES string of the molecule is O=Nn1cnc(CC(=O)NO)c1. The monoisotopic (exact) mass is 170 g/mol. The normalized spacial score (nSPS) is 9.42. The number of rotatable bonds is 3. The maximum atomic E-state index is 10.6. The van der Waals surface area contributed by atoms with Crippen LogP contribution in [0.15, 0.2) is 17.8 Å². The maximum Gasteiger partial charge on any atom is 0.249 e. The van der Waals surface area contributed by atoms with Crippen LogP contribution in [0.5, 0.6) is 0 Å². The minimum Gasteiger partial charge on any atom is -0.289 e. The number of hydrogen-bond acceptors (Lipinski definition) is 5. The number of hydroxylamine groups is 1. The third-order valence-corrected chi connectivity index (χ3v) is 1.18. The molecule has 0 radical (unpaired) electrons. The quantitative estimate of drug-likeness (QED) is 0.361. The van der Waals surface area contributed by atoms with Crippen molar-refractivity contribution in [1.82, 2.24) is 15.1 Å². The van der Waals surface area contributed by atoms with Gasteiger partial charge in [0.2, 0.25) is 5.91 Å². The zero-order valence-corrected chi connectivity index (χ0v) is 5.97. The lowest BCUT2D eigenvalue weighted by atomic mass is 10.3. The zero-order valence-electron chi connectivity index (χ0n) is 5.97. The van der Waals surface area contributed by atoms with Crippen molar-refractivity contribution in [2.24, 2.45) is 5.29 Å². The minimum absolute atomic E-state index is 0.0843. The van der Waals surface area contributed by atoms with Crippen LogP contribution in [0.4, 0.5) is 0 Å². The van der Waals surface area contributed by atoms with Crippen molar-refractivity contribution in [3.05, 3.63) is 23.1 Å². The number of carbonyl (C=O) groups excluding carboxylic acids is 1. The summed E-state index contributed by atoms with van der Waals surface area (Å²) in [6, 6.07) is 0. The van der Waals surface area contributed by atoms with Crippen LogP contribution in [0.25, 0.3) is 0 Å². The summed E-state index contributed by atoms with van der Waals surface area (Å²) < 4.78 is 0.931. The van der Waals surface area contributed by atoms with Crippen LogP contribution in [0.2, 0.25) is 0 Å². The van der Waals surface area contributed by atoms with Crippen molar-refractivity contribution in [3.63, 3.8) is 0 Å². The number of nitroso groups, excluding NO2 is 1. The number of nitrogens with one attached hydrogen (secondary N) is 1. The maximum absolute atomic E-state index is 10.6. The van der Waals surface area contributed by atoms with Gasteiger partial charge in [-0.1, -0.05) is 0 Å². The third kappa shape index (κ3) is 1.86. The Morgan fingerprint density at radius 2 is 2.58 bits per heavy atom. The molecule has 1 rings (SSSR count). The highest BCUT2D eigenvalue weighted by molar-refractivity contribution is 5.76. The first-order valence-electron chi connectivity index (χ1n) is 3.05. The van der Waals surface area contributed by atoms with Gasteiger partial charge < -0.3 is 0 Å². The van der Waals surface area contributed by atoms with Crippen molar-refractivity contribution in [3.8, 4) is 0 Å². The van der Waals surface area contributed by atoms with E-state index in [2.05, 4.69) is 10.3 Å². The van der Waals surface area contributed by atoms with Crippen molar-refractivity contribution in [2.45, 2.75) is 6.42 Å². The molecule has 7 heteroatoms. The number of amides is 1. The molecule has 1 heterocycles. The van der Waals surface area contributed by atoms with E-state index in [9.17, 15) is 9.70 Å². The summed E-state index contributed by atoms with van der Waals surface area (Å²) in [4.78, 5) is 24.1. The van der Waals surface area contributed by atoms with E-state index in [1.54, 1.807) is 0 Å². The van der Waals surface area contributed by atoms with E-state index in [0.29, 0.717) is 5.69 Å². The Balaban J connectivity index is 2.63. The Kier molecular flexibility index (Phi) is 2.49. The molecule has 0 aliphatic rings. The van der Waals surface area contributed by atoms with Gasteiger partial charge in [-0.2, -0.15) is 4.68 Å². The Morgan fingerprint density at radius 3 is 3.08 bits per heavy atom. The molecule has 1 amide bonds. The summed E-state index contributed by atoms with van der Waals surface area (Å²) in [5.74, 6) is -0.592. The highest BCUT2D eigenvalue weighted by Crippen LogP contribution is 1.96. The van der Waals surface area contributed by atoms with E-state index in [1.165, 1.54) is 18.0 Å². The molecule has 1 aromatic rings. The van der Waals surface area contributed by atoms with E-state index in [-0.39, 0.29) is 6.42 Å². The lowest BCUT2D eigenvalue weighted by molar-refractivity contribution is -0.128.